The number of nitrogens with zero attached hydrogens (tertiary/aromatic N) is 5. The average molecular weight is 562 g/mol. The van der Waals surface area contributed by atoms with E-state index in [-0.39, 0.29) is 5.69 Å². The molecule has 8 nitrogen and oxygen atoms in total. The molecular formula is C32H27N5O3S. The smallest absolute Gasteiger partial charge is 0.293 e. The van der Waals surface area contributed by atoms with Gasteiger partial charge in [0.05, 0.1) is 40.2 Å². The normalized spacial score (nSPS) is 14.6. The van der Waals surface area contributed by atoms with Crippen molar-refractivity contribution in [2.45, 2.75) is 6.42 Å². The van der Waals surface area contributed by atoms with Gasteiger partial charge in [0.1, 0.15) is 0 Å². The van der Waals surface area contributed by atoms with E-state index in [0.717, 1.165) is 60.8 Å². The first-order valence-corrected chi connectivity index (χ1v) is 15.2. The molecule has 41 heavy (non-hydrogen) atoms. The minimum atomic E-state index is -3.21. The molecule has 1 aliphatic heterocycles. The van der Waals surface area contributed by atoms with Gasteiger partial charge < -0.3 is 0 Å². The van der Waals surface area contributed by atoms with E-state index < -0.39 is 10.0 Å². The molecule has 0 aliphatic carbocycles. The molecule has 0 spiro atoms. The third-order valence-corrected chi connectivity index (χ3v) is 9.21. The van der Waals surface area contributed by atoms with E-state index in [2.05, 4.69) is 28.2 Å². The quantitative estimate of drug-likeness (QED) is 0.297. The Morgan fingerprint density at radius 3 is 2.34 bits per heavy atom. The van der Waals surface area contributed by atoms with Crippen LogP contribution in [0.5, 0.6) is 0 Å². The van der Waals surface area contributed by atoms with Crippen LogP contribution in [0.1, 0.15) is 12.0 Å². The largest absolute Gasteiger partial charge is 0.333 e. The lowest BCUT2D eigenvalue weighted by atomic mass is 10.00. The molecule has 0 unspecified atom stereocenters. The Morgan fingerprint density at radius 2 is 1.59 bits per heavy atom. The number of hydrogen-bond donors (Lipinski definition) is 0. The second-order valence-electron chi connectivity index (χ2n) is 10.5. The Bertz CT molecular complexity index is 2200. The lowest BCUT2D eigenvalue weighted by Gasteiger charge is -2.24. The van der Waals surface area contributed by atoms with Gasteiger partial charge >= 0.3 is 5.69 Å². The fraction of sp³-hybridized carbons (Fsp3) is 0.156. The van der Waals surface area contributed by atoms with Crippen LogP contribution in [-0.4, -0.2) is 51.2 Å². The van der Waals surface area contributed by atoms with Gasteiger partial charge in [-0.05, 0) is 59.5 Å². The SMILES string of the molecule is Cn1c(=O)n(-c2ccc(C3=CCN(S(C)(=O)=O)CC3)cc2)c2c3cc(-c4cnc5ccccc5c4)ccc3ncc21. The Labute approximate surface area is 236 Å². The molecule has 7 rings (SSSR count). The van der Waals surface area contributed by atoms with Crippen molar-refractivity contribution in [1.82, 2.24) is 23.4 Å². The van der Waals surface area contributed by atoms with Gasteiger partial charge in [-0.25, -0.2) is 13.2 Å². The molecule has 6 aromatic rings. The minimum absolute atomic E-state index is 0.152. The van der Waals surface area contributed by atoms with Gasteiger partial charge in [-0.1, -0.05) is 42.5 Å². The van der Waals surface area contributed by atoms with Crippen molar-refractivity contribution in [1.29, 1.82) is 0 Å². The van der Waals surface area contributed by atoms with Crippen LogP contribution in [0, 0.1) is 0 Å². The van der Waals surface area contributed by atoms with E-state index in [0.29, 0.717) is 19.5 Å². The molecule has 1 aliphatic rings. The van der Waals surface area contributed by atoms with Gasteiger partial charge in [0.25, 0.3) is 0 Å². The Balaban J connectivity index is 1.34. The first kappa shape index (κ1) is 25.4. The van der Waals surface area contributed by atoms with E-state index >= 15 is 0 Å². The predicted molar refractivity (Wildman–Crippen MR) is 164 cm³/mol. The Hall–Kier alpha value is -4.60. The maximum atomic E-state index is 13.6. The van der Waals surface area contributed by atoms with Crippen LogP contribution in [0.15, 0.2) is 96.1 Å². The van der Waals surface area contributed by atoms with Gasteiger partial charge in [0.2, 0.25) is 10.0 Å². The summed E-state index contributed by atoms with van der Waals surface area (Å²) < 4.78 is 28.6. The zero-order valence-corrected chi connectivity index (χ0v) is 23.5. The number of fused-ring (bicyclic) bond motifs is 4. The first-order valence-electron chi connectivity index (χ1n) is 13.4. The molecule has 0 atom stereocenters. The van der Waals surface area contributed by atoms with Crippen LogP contribution >= 0.6 is 0 Å². The highest BCUT2D eigenvalue weighted by molar-refractivity contribution is 7.88. The van der Waals surface area contributed by atoms with Crippen LogP contribution in [0.4, 0.5) is 0 Å². The van der Waals surface area contributed by atoms with Gasteiger partial charge in [0, 0.05) is 42.7 Å². The zero-order chi connectivity index (χ0) is 28.3. The summed E-state index contributed by atoms with van der Waals surface area (Å²) in [5.41, 5.74) is 8.00. The summed E-state index contributed by atoms with van der Waals surface area (Å²) in [4.78, 5) is 22.9. The maximum Gasteiger partial charge on any atom is 0.333 e. The molecule has 204 valence electrons. The van der Waals surface area contributed by atoms with Crippen molar-refractivity contribution >= 4 is 48.4 Å². The van der Waals surface area contributed by atoms with Gasteiger partial charge in [0.15, 0.2) is 0 Å². The van der Waals surface area contributed by atoms with Gasteiger partial charge in [-0.3, -0.25) is 19.1 Å². The summed E-state index contributed by atoms with van der Waals surface area (Å²) in [6.45, 7) is 0.829. The van der Waals surface area contributed by atoms with Crippen molar-refractivity contribution in [3.05, 3.63) is 107 Å². The molecule has 4 heterocycles. The molecule has 3 aromatic carbocycles. The van der Waals surface area contributed by atoms with Crippen molar-refractivity contribution in [3.8, 4) is 16.8 Å². The van der Waals surface area contributed by atoms with Gasteiger partial charge in [-0.15, -0.1) is 0 Å². The molecule has 0 saturated carbocycles. The number of imidazole rings is 1. The average Bonchev–Trinajstić information content (AvgIpc) is 3.26. The molecule has 9 heteroatoms. The molecule has 0 saturated heterocycles. The number of sulfonamides is 1. The fourth-order valence-corrected chi connectivity index (χ4v) is 6.45. The number of benzene rings is 3. The zero-order valence-electron chi connectivity index (χ0n) is 22.7. The lowest BCUT2D eigenvalue weighted by molar-refractivity contribution is 0.446. The van der Waals surface area contributed by atoms with Crippen LogP contribution in [0.2, 0.25) is 0 Å². The van der Waals surface area contributed by atoms with E-state index in [1.807, 2.05) is 66.9 Å². The monoisotopic (exact) mass is 561 g/mol. The number of rotatable bonds is 4. The second-order valence-corrected chi connectivity index (χ2v) is 12.4. The standard InChI is InChI=1S/C32H27N5O3S/c1-35-30-20-34-29-12-9-23(25-17-24-5-3-4-6-28(24)33-19-25)18-27(29)31(30)37(32(35)38)26-10-7-21(8-11-26)22-13-15-36(16-14-22)41(2,39)40/h3-13,17-20H,14-16H2,1-2H3. The number of hydrogen-bond acceptors (Lipinski definition) is 5. The van der Waals surface area contributed by atoms with E-state index in [1.54, 1.807) is 22.4 Å². The predicted octanol–water partition coefficient (Wildman–Crippen LogP) is 5.14. The minimum Gasteiger partial charge on any atom is -0.293 e. The molecule has 0 amide bonds. The highest BCUT2D eigenvalue weighted by atomic mass is 32.2. The molecule has 0 radical (unpaired) electrons. The highest BCUT2D eigenvalue weighted by Crippen LogP contribution is 2.31. The second kappa shape index (κ2) is 9.50. The van der Waals surface area contributed by atoms with Crippen LogP contribution < -0.4 is 5.69 Å². The molecule has 3 aromatic heterocycles. The van der Waals surface area contributed by atoms with Crippen molar-refractivity contribution in [2.24, 2.45) is 7.05 Å². The van der Waals surface area contributed by atoms with E-state index in [9.17, 15) is 13.2 Å². The number of para-hydroxylation sites is 1. The third kappa shape index (κ3) is 4.34. The van der Waals surface area contributed by atoms with Gasteiger partial charge in [-0.2, -0.15) is 4.31 Å². The Morgan fingerprint density at radius 1 is 0.829 bits per heavy atom. The fourth-order valence-electron chi connectivity index (χ4n) is 5.68. The number of aromatic nitrogens is 4. The maximum absolute atomic E-state index is 13.6. The summed E-state index contributed by atoms with van der Waals surface area (Å²) in [6, 6.07) is 24.2. The first-order chi connectivity index (χ1) is 19.8. The summed E-state index contributed by atoms with van der Waals surface area (Å²) >= 11 is 0. The molecule has 0 bridgehead atoms. The van der Waals surface area contributed by atoms with E-state index in [4.69, 9.17) is 0 Å². The van der Waals surface area contributed by atoms with Crippen LogP contribution in [0.25, 0.3) is 55.2 Å². The molecular weight excluding hydrogens is 534 g/mol. The van der Waals surface area contributed by atoms with Crippen molar-refractivity contribution < 1.29 is 8.42 Å². The third-order valence-electron chi connectivity index (χ3n) is 7.94. The summed E-state index contributed by atoms with van der Waals surface area (Å²) in [5.74, 6) is 0. The number of aryl methyl sites for hydroxylation is 1. The van der Waals surface area contributed by atoms with Crippen LogP contribution in [0.3, 0.4) is 0 Å². The number of pyridine rings is 2. The Kier molecular flexibility index (Phi) is 5.88. The highest BCUT2D eigenvalue weighted by Gasteiger charge is 2.21. The summed E-state index contributed by atoms with van der Waals surface area (Å²) in [7, 11) is -1.44. The topological polar surface area (TPSA) is 90.1 Å². The van der Waals surface area contributed by atoms with Crippen molar-refractivity contribution in [3.63, 3.8) is 0 Å². The van der Waals surface area contributed by atoms with E-state index in [1.165, 1.54) is 10.6 Å². The molecule has 0 N–H and O–H groups in total. The lowest BCUT2D eigenvalue weighted by Crippen LogP contribution is -2.33. The summed E-state index contributed by atoms with van der Waals surface area (Å²) in [6.07, 6.45) is 7.48. The molecule has 0 fully saturated rings. The van der Waals surface area contributed by atoms with Crippen LogP contribution in [-0.2, 0) is 17.1 Å². The van der Waals surface area contributed by atoms with Crippen molar-refractivity contribution in [2.75, 3.05) is 19.3 Å². The summed E-state index contributed by atoms with van der Waals surface area (Å²) in [5, 5.41) is 1.95.